The van der Waals surface area contributed by atoms with E-state index in [1.54, 1.807) is 0 Å². The lowest BCUT2D eigenvalue weighted by Crippen LogP contribution is -2.21. The number of aryl methyl sites for hydroxylation is 1. The van der Waals surface area contributed by atoms with Crippen LogP contribution in [0.2, 0.25) is 0 Å². The molecule has 0 aliphatic heterocycles. The normalized spacial score (nSPS) is 12.7. The van der Waals surface area contributed by atoms with Gasteiger partial charge in [-0.2, -0.15) is 0 Å². The fourth-order valence-electron chi connectivity index (χ4n) is 2.49. The van der Waals surface area contributed by atoms with Crippen LogP contribution in [-0.4, -0.2) is 6.54 Å². The number of unbranched alkanes of at least 4 members (excludes halogenated alkanes) is 4. The van der Waals surface area contributed by atoms with Gasteiger partial charge in [0.1, 0.15) is 0 Å². The van der Waals surface area contributed by atoms with Gasteiger partial charge in [0, 0.05) is 15.0 Å². The largest absolute Gasteiger partial charge is 0.310 e. The van der Waals surface area contributed by atoms with E-state index in [1.807, 2.05) is 0 Å². The number of hydrogen-bond donors (Lipinski definition) is 1. The second-order valence-electron chi connectivity index (χ2n) is 5.44. The SMILES string of the molecule is CCCCCCCC(NCC)c1cc(Br)c(C)cc1Br. The first-order valence-corrected chi connectivity index (χ1v) is 9.37. The Kier molecular flexibility index (Phi) is 9.06. The molecular formula is C17H27Br2N. The number of halogens is 2. The molecule has 0 saturated carbocycles. The monoisotopic (exact) mass is 403 g/mol. The molecule has 1 rings (SSSR count). The van der Waals surface area contributed by atoms with Gasteiger partial charge in [0.2, 0.25) is 0 Å². The molecule has 1 N–H and O–H groups in total. The molecule has 0 heterocycles. The van der Waals surface area contributed by atoms with Gasteiger partial charge in [-0.3, -0.25) is 0 Å². The Morgan fingerprint density at radius 3 is 2.35 bits per heavy atom. The van der Waals surface area contributed by atoms with E-state index in [2.05, 4.69) is 70.1 Å². The van der Waals surface area contributed by atoms with Crippen molar-refractivity contribution in [3.05, 3.63) is 32.2 Å². The summed E-state index contributed by atoms with van der Waals surface area (Å²) in [6, 6.07) is 4.92. The molecule has 1 nitrogen and oxygen atoms in total. The van der Waals surface area contributed by atoms with Crippen molar-refractivity contribution in [3.8, 4) is 0 Å². The van der Waals surface area contributed by atoms with Gasteiger partial charge in [-0.1, -0.05) is 77.8 Å². The van der Waals surface area contributed by atoms with Crippen LogP contribution in [0.1, 0.15) is 69.5 Å². The van der Waals surface area contributed by atoms with E-state index in [-0.39, 0.29) is 0 Å². The number of rotatable bonds is 9. The van der Waals surface area contributed by atoms with Crippen LogP contribution in [0.5, 0.6) is 0 Å². The maximum Gasteiger partial charge on any atom is 0.0331 e. The van der Waals surface area contributed by atoms with Gasteiger partial charge in [0.05, 0.1) is 0 Å². The molecule has 0 radical (unpaired) electrons. The molecule has 0 spiro atoms. The Hall–Kier alpha value is 0.140. The molecule has 0 amide bonds. The predicted octanol–water partition coefficient (Wildman–Crippen LogP) is 6.53. The summed E-state index contributed by atoms with van der Waals surface area (Å²) in [5, 5.41) is 3.63. The van der Waals surface area contributed by atoms with E-state index in [9.17, 15) is 0 Å². The minimum atomic E-state index is 0.452. The molecule has 0 aliphatic rings. The molecule has 0 aromatic heterocycles. The molecular weight excluding hydrogens is 378 g/mol. The van der Waals surface area contributed by atoms with Crippen LogP contribution in [0.4, 0.5) is 0 Å². The van der Waals surface area contributed by atoms with Crippen LogP contribution in [0.3, 0.4) is 0 Å². The van der Waals surface area contributed by atoms with E-state index in [0.29, 0.717) is 6.04 Å². The highest BCUT2D eigenvalue weighted by molar-refractivity contribution is 9.11. The molecule has 1 aromatic rings. The summed E-state index contributed by atoms with van der Waals surface area (Å²) in [4.78, 5) is 0. The number of nitrogens with one attached hydrogen (secondary N) is 1. The zero-order valence-electron chi connectivity index (χ0n) is 12.9. The van der Waals surface area contributed by atoms with Crippen LogP contribution in [0.15, 0.2) is 21.1 Å². The van der Waals surface area contributed by atoms with Crippen molar-refractivity contribution in [2.24, 2.45) is 0 Å². The molecule has 1 unspecified atom stereocenters. The average Bonchev–Trinajstić information content (AvgIpc) is 2.41. The molecule has 0 fully saturated rings. The van der Waals surface area contributed by atoms with Gasteiger partial charge in [-0.05, 0) is 43.1 Å². The lowest BCUT2D eigenvalue weighted by molar-refractivity contribution is 0.477. The smallest absolute Gasteiger partial charge is 0.0331 e. The minimum absolute atomic E-state index is 0.452. The Balaban J connectivity index is 2.67. The zero-order valence-corrected chi connectivity index (χ0v) is 16.1. The Morgan fingerprint density at radius 2 is 1.70 bits per heavy atom. The van der Waals surface area contributed by atoms with Gasteiger partial charge in [-0.15, -0.1) is 0 Å². The van der Waals surface area contributed by atoms with Crippen LogP contribution in [0, 0.1) is 6.92 Å². The Morgan fingerprint density at radius 1 is 1.00 bits per heavy atom. The first-order valence-electron chi connectivity index (χ1n) is 7.79. The third kappa shape index (κ3) is 5.87. The second kappa shape index (κ2) is 9.97. The van der Waals surface area contributed by atoms with Gasteiger partial charge in [-0.25, -0.2) is 0 Å². The zero-order chi connectivity index (χ0) is 15.0. The average molecular weight is 405 g/mol. The van der Waals surface area contributed by atoms with Crippen LogP contribution in [0.25, 0.3) is 0 Å². The third-order valence-corrected chi connectivity index (χ3v) is 5.24. The summed E-state index contributed by atoms with van der Waals surface area (Å²) < 4.78 is 2.42. The summed E-state index contributed by atoms with van der Waals surface area (Å²) >= 11 is 7.38. The maximum atomic E-state index is 3.72. The maximum absolute atomic E-state index is 3.72. The van der Waals surface area contributed by atoms with E-state index in [4.69, 9.17) is 0 Å². The molecule has 0 bridgehead atoms. The van der Waals surface area contributed by atoms with Crippen molar-refractivity contribution in [2.45, 2.75) is 65.3 Å². The van der Waals surface area contributed by atoms with Crippen molar-refractivity contribution in [3.63, 3.8) is 0 Å². The highest BCUT2D eigenvalue weighted by atomic mass is 79.9. The fourth-order valence-corrected chi connectivity index (χ4v) is 3.59. The Labute approximate surface area is 141 Å². The molecule has 0 aliphatic carbocycles. The lowest BCUT2D eigenvalue weighted by atomic mass is 9.99. The summed E-state index contributed by atoms with van der Waals surface area (Å²) in [6.07, 6.45) is 7.91. The van der Waals surface area contributed by atoms with Gasteiger partial charge in [0.15, 0.2) is 0 Å². The summed E-state index contributed by atoms with van der Waals surface area (Å²) in [5.41, 5.74) is 2.65. The van der Waals surface area contributed by atoms with Crippen molar-refractivity contribution in [2.75, 3.05) is 6.54 Å². The standard InChI is InChI=1S/C17H27Br2N/c1-4-6-7-8-9-10-17(20-5-2)14-12-15(18)13(3)11-16(14)19/h11-12,17,20H,4-10H2,1-3H3. The summed E-state index contributed by atoms with van der Waals surface area (Å²) in [5.74, 6) is 0. The number of benzene rings is 1. The highest BCUT2D eigenvalue weighted by Crippen LogP contribution is 2.32. The van der Waals surface area contributed by atoms with Crippen molar-refractivity contribution in [1.82, 2.24) is 5.32 Å². The van der Waals surface area contributed by atoms with E-state index < -0.39 is 0 Å². The molecule has 3 heteroatoms. The topological polar surface area (TPSA) is 12.0 Å². The van der Waals surface area contributed by atoms with Crippen LogP contribution >= 0.6 is 31.9 Å². The predicted molar refractivity (Wildman–Crippen MR) is 96.4 cm³/mol. The Bertz CT molecular complexity index is 404. The van der Waals surface area contributed by atoms with E-state index in [1.165, 1.54) is 58.6 Å². The highest BCUT2D eigenvalue weighted by Gasteiger charge is 2.14. The van der Waals surface area contributed by atoms with Crippen molar-refractivity contribution < 1.29 is 0 Å². The number of hydrogen-bond acceptors (Lipinski definition) is 1. The lowest BCUT2D eigenvalue weighted by Gasteiger charge is -2.21. The van der Waals surface area contributed by atoms with Gasteiger partial charge >= 0.3 is 0 Å². The minimum Gasteiger partial charge on any atom is -0.310 e. The quantitative estimate of drug-likeness (QED) is 0.461. The fraction of sp³-hybridized carbons (Fsp3) is 0.647. The van der Waals surface area contributed by atoms with Crippen LogP contribution in [-0.2, 0) is 0 Å². The molecule has 1 atom stereocenters. The second-order valence-corrected chi connectivity index (χ2v) is 7.14. The van der Waals surface area contributed by atoms with E-state index in [0.717, 1.165) is 6.54 Å². The molecule has 0 saturated heterocycles. The first-order chi connectivity index (χ1) is 9.60. The summed E-state index contributed by atoms with van der Waals surface area (Å²) in [6.45, 7) is 7.59. The summed E-state index contributed by atoms with van der Waals surface area (Å²) in [7, 11) is 0. The molecule has 1 aromatic carbocycles. The van der Waals surface area contributed by atoms with Crippen molar-refractivity contribution >= 4 is 31.9 Å². The van der Waals surface area contributed by atoms with Gasteiger partial charge < -0.3 is 5.32 Å². The van der Waals surface area contributed by atoms with Gasteiger partial charge in [0.25, 0.3) is 0 Å². The molecule has 20 heavy (non-hydrogen) atoms. The third-order valence-electron chi connectivity index (χ3n) is 3.70. The van der Waals surface area contributed by atoms with Crippen LogP contribution < -0.4 is 5.32 Å². The van der Waals surface area contributed by atoms with Crippen molar-refractivity contribution in [1.29, 1.82) is 0 Å². The molecule has 114 valence electrons. The van der Waals surface area contributed by atoms with E-state index >= 15 is 0 Å². The first kappa shape index (κ1) is 18.2.